The molecule has 1 heterocycles. The zero-order valence-electron chi connectivity index (χ0n) is 6.81. The molecule has 0 atom stereocenters. The van der Waals surface area contributed by atoms with E-state index in [-0.39, 0.29) is 0 Å². The Morgan fingerprint density at radius 2 is 2.08 bits per heavy atom. The molecule has 0 fully saturated rings. The van der Waals surface area contributed by atoms with Gasteiger partial charge >= 0.3 is 21.1 Å². The lowest BCUT2D eigenvalue weighted by Crippen LogP contribution is -3.98. The van der Waals surface area contributed by atoms with Crippen molar-refractivity contribution in [2.45, 2.75) is 6.92 Å². The van der Waals surface area contributed by atoms with E-state index in [1.165, 1.54) is 0 Å². The molecule has 0 saturated carbocycles. The van der Waals surface area contributed by atoms with E-state index in [2.05, 4.69) is 36.3 Å². The van der Waals surface area contributed by atoms with Crippen LogP contribution in [-0.2, 0) is 0 Å². The third-order valence-corrected chi connectivity index (χ3v) is 1.29. The molecule has 0 unspecified atom stereocenters. The number of hydrogen-bond donors (Lipinski definition) is 1. The zero-order chi connectivity index (χ0) is 9.40. The molecule has 0 aliphatic carbocycles. The monoisotopic (exact) mass is 285 g/mol. The van der Waals surface area contributed by atoms with Crippen molar-refractivity contribution < 1.29 is 31.4 Å². The molecule has 5 heteroatoms. The Kier molecular flexibility index (Phi) is 7.47. The van der Waals surface area contributed by atoms with Gasteiger partial charge in [0.2, 0.25) is 0 Å². The number of allylic oxidation sites excluding steroid dienone is 2. The highest BCUT2D eigenvalue weighted by atomic mass is 127. The Labute approximate surface area is 80.9 Å². The highest BCUT2D eigenvalue weighted by Crippen LogP contribution is 1.95. The lowest BCUT2D eigenvalue weighted by Gasteiger charge is -2.16. The first-order valence-corrected chi connectivity index (χ1v) is 6.21. The third kappa shape index (κ3) is 7.99. The minimum atomic E-state index is -3.76. The summed E-state index contributed by atoms with van der Waals surface area (Å²) >= 11 is -3.76. The van der Waals surface area contributed by atoms with Crippen molar-refractivity contribution in [1.29, 1.82) is 0 Å². The van der Waals surface area contributed by atoms with Gasteiger partial charge in [-0.1, -0.05) is 12.2 Å². The van der Waals surface area contributed by atoms with Gasteiger partial charge in [0.05, 0.1) is 0 Å². The Morgan fingerprint density at radius 3 is 2.33 bits per heavy atom. The molecule has 0 bridgehead atoms. The van der Waals surface area contributed by atoms with Crippen LogP contribution in [0.2, 0.25) is 0 Å². The van der Waals surface area contributed by atoms with E-state index >= 15 is 0 Å². The largest absolute Gasteiger partial charge is 0.503 e. The van der Waals surface area contributed by atoms with Gasteiger partial charge in [0, 0.05) is 13.1 Å². The van der Waals surface area contributed by atoms with Crippen LogP contribution in [0.5, 0.6) is 0 Å². The molecule has 1 rings (SSSR count). The summed E-state index contributed by atoms with van der Waals surface area (Å²) in [4.78, 5) is 2.25. The van der Waals surface area contributed by atoms with E-state index in [0.717, 1.165) is 13.1 Å². The fourth-order valence-electron chi connectivity index (χ4n) is 0.742. The van der Waals surface area contributed by atoms with Gasteiger partial charge in [-0.15, -0.1) is 0 Å². The van der Waals surface area contributed by atoms with Crippen LogP contribution in [0.3, 0.4) is 0 Å². The molecular formula is C7H12INO3. The first-order valence-electron chi connectivity index (χ1n) is 3.48. The fourth-order valence-corrected chi connectivity index (χ4v) is 0.742. The quantitative estimate of drug-likeness (QED) is 0.493. The van der Waals surface area contributed by atoms with E-state index in [0.29, 0.717) is 0 Å². The zero-order valence-corrected chi connectivity index (χ0v) is 8.97. The third-order valence-electron chi connectivity index (χ3n) is 1.29. The Morgan fingerprint density at radius 1 is 1.50 bits per heavy atom. The summed E-state index contributed by atoms with van der Waals surface area (Å²) in [6.07, 6.45) is 8.41. The van der Waals surface area contributed by atoms with Crippen molar-refractivity contribution in [1.82, 2.24) is 4.90 Å². The van der Waals surface area contributed by atoms with Crippen LogP contribution in [0.4, 0.5) is 0 Å². The van der Waals surface area contributed by atoms with Gasteiger partial charge < -0.3 is 11.8 Å². The Balaban J connectivity index is 0.000000261. The number of likely N-dealkylation sites (N-methyl/N-ethyl adjacent to an activating group) is 1. The lowest BCUT2D eigenvalue weighted by atomic mass is 10.3. The molecule has 1 aliphatic heterocycles. The molecule has 70 valence electrons. The summed E-state index contributed by atoms with van der Waals surface area (Å²) in [6, 6.07) is 0. The molecule has 0 amide bonds. The maximum Gasteiger partial charge on any atom is 0.503 e. The summed E-state index contributed by atoms with van der Waals surface area (Å²) in [5.41, 5.74) is 0. The number of rotatable bonds is 1. The van der Waals surface area contributed by atoms with Gasteiger partial charge in [-0.2, -0.15) is 0 Å². The van der Waals surface area contributed by atoms with E-state index in [4.69, 9.17) is 10.3 Å². The van der Waals surface area contributed by atoms with Crippen LogP contribution in [0, 0.1) is 0 Å². The predicted molar refractivity (Wildman–Crippen MR) is 37.7 cm³/mol. The van der Waals surface area contributed by atoms with Crippen LogP contribution in [-0.4, -0.2) is 21.4 Å². The van der Waals surface area contributed by atoms with Crippen LogP contribution >= 0.6 is 0 Å². The normalized spacial score (nSPS) is 14.6. The number of hydrogen-bond acceptors (Lipinski definition) is 4. The molecule has 12 heavy (non-hydrogen) atoms. The van der Waals surface area contributed by atoms with E-state index in [1.807, 2.05) is 0 Å². The fraction of sp³-hybridized carbons (Fsp3) is 0.429. The second-order valence-corrected chi connectivity index (χ2v) is 3.21. The molecule has 0 spiro atoms. The predicted octanol–water partition coefficient (Wildman–Crippen LogP) is -4.54. The van der Waals surface area contributed by atoms with Crippen LogP contribution in [0.1, 0.15) is 6.92 Å². The first-order chi connectivity index (χ1) is 5.66. The highest BCUT2D eigenvalue weighted by Gasteiger charge is 1.91. The minimum Gasteiger partial charge on any atom is -0.396 e. The second-order valence-electron chi connectivity index (χ2n) is 2.06. The van der Waals surface area contributed by atoms with Crippen LogP contribution < -0.4 is 27.9 Å². The molecule has 0 saturated heterocycles. The van der Waals surface area contributed by atoms with Crippen molar-refractivity contribution in [3.8, 4) is 0 Å². The van der Waals surface area contributed by atoms with Crippen LogP contribution in [0.25, 0.3) is 0 Å². The van der Waals surface area contributed by atoms with Gasteiger partial charge in [-0.05, 0) is 22.6 Å². The molecule has 1 N–H and O–H groups in total. The van der Waals surface area contributed by atoms with Crippen LogP contribution in [0.15, 0.2) is 24.4 Å². The van der Waals surface area contributed by atoms with Crippen molar-refractivity contribution in [3.05, 3.63) is 24.4 Å². The lowest BCUT2D eigenvalue weighted by molar-refractivity contribution is -1.63. The summed E-state index contributed by atoms with van der Waals surface area (Å²) in [7, 11) is 0. The SMILES string of the molecule is CCN1C=CC=CC1.[O-][I+2]([O-])O. The summed E-state index contributed by atoms with van der Waals surface area (Å²) < 4.78 is 24.5. The molecule has 0 aromatic heterocycles. The van der Waals surface area contributed by atoms with Crippen molar-refractivity contribution >= 4 is 0 Å². The van der Waals surface area contributed by atoms with Gasteiger partial charge in [-0.25, -0.2) is 0 Å². The smallest absolute Gasteiger partial charge is 0.396 e. The maximum atomic E-state index is 8.68. The van der Waals surface area contributed by atoms with E-state index in [1.54, 1.807) is 0 Å². The molecule has 0 radical (unpaired) electrons. The van der Waals surface area contributed by atoms with Crippen molar-refractivity contribution in [2.75, 3.05) is 13.1 Å². The van der Waals surface area contributed by atoms with Gasteiger partial charge in [0.1, 0.15) is 0 Å². The molecular weight excluding hydrogens is 273 g/mol. The Hall–Kier alpha value is -0.110. The average molecular weight is 285 g/mol. The summed E-state index contributed by atoms with van der Waals surface area (Å²) in [6.45, 7) is 4.34. The van der Waals surface area contributed by atoms with Gasteiger partial charge in [0.15, 0.2) is 0 Å². The average Bonchev–Trinajstić information content (AvgIpc) is 2.05. The van der Waals surface area contributed by atoms with Crippen molar-refractivity contribution in [3.63, 3.8) is 0 Å². The van der Waals surface area contributed by atoms with E-state index < -0.39 is 21.1 Å². The molecule has 1 aliphatic rings. The number of nitrogens with zero attached hydrogens (tertiary/aromatic N) is 1. The summed E-state index contributed by atoms with van der Waals surface area (Å²) in [5, 5.41) is 0. The standard InChI is InChI=1S/C7H11N.HIO3/c1-2-8-6-4-3-5-7-8;2-1(3)4/h3-6H,2,7H2,1H3;2H. The molecule has 0 aromatic carbocycles. The minimum absolute atomic E-state index is 1.08. The van der Waals surface area contributed by atoms with Crippen molar-refractivity contribution in [2.24, 2.45) is 0 Å². The van der Waals surface area contributed by atoms with Gasteiger partial charge in [-0.3, -0.25) is 0 Å². The van der Waals surface area contributed by atoms with Gasteiger partial charge in [0.25, 0.3) is 0 Å². The summed E-state index contributed by atoms with van der Waals surface area (Å²) in [5.74, 6) is 0. The number of halogens is 1. The second kappa shape index (κ2) is 7.53. The molecule has 0 aromatic rings. The Bertz CT molecular complexity index is 156. The first kappa shape index (κ1) is 11.9. The highest BCUT2D eigenvalue weighted by molar-refractivity contribution is 5.08. The topological polar surface area (TPSA) is 69.6 Å². The van der Waals surface area contributed by atoms with E-state index in [9.17, 15) is 0 Å². The maximum absolute atomic E-state index is 8.68. The molecule has 4 nitrogen and oxygen atoms in total.